The van der Waals surface area contributed by atoms with Gasteiger partial charge in [0, 0.05) is 22.1 Å². The van der Waals surface area contributed by atoms with Crippen molar-refractivity contribution in [2.24, 2.45) is 0 Å². The Morgan fingerprint density at radius 2 is 1.69 bits per heavy atom. The maximum absolute atomic E-state index is 12.1. The highest BCUT2D eigenvalue weighted by molar-refractivity contribution is 7.93. The third-order valence-electron chi connectivity index (χ3n) is 3.25. The fourth-order valence-corrected chi connectivity index (χ4v) is 3.27. The molecule has 0 aliphatic rings. The molecule has 9 nitrogen and oxygen atoms in total. The molecule has 11 heteroatoms. The number of benzene rings is 2. The number of rotatable bonds is 6. The van der Waals surface area contributed by atoms with Crippen molar-refractivity contribution in [2.75, 3.05) is 0 Å². The number of nitro benzene ring substituents is 2. The smallest absolute Gasteiger partial charge is 0.318 e. The number of sulfone groups is 1. The van der Waals surface area contributed by atoms with E-state index in [4.69, 9.17) is 11.6 Å². The first kappa shape index (κ1) is 19.3. The number of aromatic hydroxyl groups is 1. The fourth-order valence-electron chi connectivity index (χ4n) is 2.04. The molecule has 0 heterocycles. The van der Waals surface area contributed by atoms with Gasteiger partial charge in [-0.2, -0.15) is 0 Å². The number of hydrogen-bond donors (Lipinski definition) is 1. The summed E-state index contributed by atoms with van der Waals surface area (Å²) in [6, 6.07) is 7.51. The third kappa shape index (κ3) is 4.77. The lowest BCUT2D eigenvalue weighted by Gasteiger charge is -2.03. The van der Waals surface area contributed by atoms with Crippen LogP contribution >= 0.6 is 11.6 Å². The lowest BCUT2D eigenvalue weighted by Crippen LogP contribution is -2.00. The zero-order valence-electron chi connectivity index (χ0n) is 12.9. The van der Waals surface area contributed by atoms with E-state index in [1.54, 1.807) is 0 Å². The summed E-state index contributed by atoms with van der Waals surface area (Å²) in [5, 5.41) is 32.8. The molecule has 0 aliphatic carbocycles. The molecule has 1 N–H and O–H groups in total. The summed E-state index contributed by atoms with van der Waals surface area (Å²) in [6.07, 6.45) is 0.876. The van der Waals surface area contributed by atoms with E-state index in [0.29, 0.717) is 16.7 Å². The van der Waals surface area contributed by atoms with Gasteiger partial charge in [0.05, 0.1) is 21.7 Å². The van der Waals surface area contributed by atoms with Crippen LogP contribution in [-0.4, -0.2) is 23.4 Å². The lowest BCUT2D eigenvalue weighted by atomic mass is 10.1. The second-order valence-electron chi connectivity index (χ2n) is 5.15. The van der Waals surface area contributed by atoms with E-state index < -0.39 is 36.8 Å². The van der Waals surface area contributed by atoms with Gasteiger partial charge in [0.1, 0.15) is 0 Å². The Balaban J connectivity index is 2.37. The van der Waals surface area contributed by atoms with Crippen LogP contribution in [0.4, 0.5) is 11.4 Å². The molecule has 2 aromatic rings. The van der Waals surface area contributed by atoms with Crippen LogP contribution in [-0.2, 0) is 15.6 Å². The van der Waals surface area contributed by atoms with E-state index >= 15 is 0 Å². The Morgan fingerprint density at radius 1 is 1.08 bits per heavy atom. The SMILES string of the molecule is O=[N+]([O-])c1cc(C=CS(=O)(=O)Cc2ccc(Cl)cc2)c(O)c([N+](=O)[O-])c1. The van der Waals surface area contributed by atoms with E-state index in [9.17, 15) is 33.8 Å². The molecule has 0 bridgehead atoms. The number of phenolic OH excluding ortho intramolecular Hbond substituents is 1. The van der Waals surface area contributed by atoms with Crippen LogP contribution in [0.1, 0.15) is 11.1 Å². The fraction of sp³-hybridized carbons (Fsp3) is 0.0667. The summed E-state index contributed by atoms with van der Waals surface area (Å²) in [4.78, 5) is 19.9. The molecule has 0 unspecified atom stereocenters. The normalized spacial score (nSPS) is 11.6. The van der Waals surface area contributed by atoms with Gasteiger partial charge in [-0.25, -0.2) is 8.42 Å². The van der Waals surface area contributed by atoms with Crippen molar-refractivity contribution in [3.05, 3.63) is 78.2 Å². The average Bonchev–Trinajstić information content (AvgIpc) is 2.55. The van der Waals surface area contributed by atoms with Gasteiger partial charge in [0.2, 0.25) is 5.75 Å². The topological polar surface area (TPSA) is 141 Å². The maximum Gasteiger partial charge on any atom is 0.318 e. The Labute approximate surface area is 152 Å². The van der Waals surface area contributed by atoms with Crippen LogP contribution in [0, 0.1) is 20.2 Å². The first-order valence-electron chi connectivity index (χ1n) is 6.90. The van der Waals surface area contributed by atoms with Crippen molar-refractivity contribution in [2.45, 2.75) is 5.75 Å². The van der Waals surface area contributed by atoms with Crippen LogP contribution in [0.15, 0.2) is 41.8 Å². The number of nitrogens with zero attached hydrogens (tertiary/aromatic N) is 2. The predicted octanol–water partition coefficient (Wildman–Crippen LogP) is 3.45. The molecular formula is C15H11ClN2O7S. The molecule has 0 fully saturated rings. The van der Waals surface area contributed by atoms with Gasteiger partial charge in [-0.15, -0.1) is 0 Å². The van der Waals surface area contributed by atoms with Crippen LogP contribution in [0.2, 0.25) is 5.02 Å². The highest BCUT2D eigenvalue weighted by Gasteiger charge is 2.23. The molecule has 0 saturated carbocycles. The number of halogens is 1. The molecule has 0 radical (unpaired) electrons. The van der Waals surface area contributed by atoms with Crippen molar-refractivity contribution in [3.8, 4) is 5.75 Å². The summed E-state index contributed by atoms with van der Waals surface area (Å²) in [5.74, 6) is -1.24. The molecule has 0 atom stereocenters. The lowest BCUT2D eigenvalue weighted by molar-refractivity contribution is -0.394. The standard InChI is InChI=1S/C15H11ClN2O7S/c16-12-3-1-10(2-4-12)9-26(24,25)6-5-11-7-13(17(20)21)8-14(15(11)19)18(22)23/h1-8,19H,9H2. The maximum atomic E-state index is 12.1. The molecule has 26 heavy (non-hydrogen) atoms. The summed E-state index contributed by atoms with van der Waals surface area (Å²) in [7, 11) is -3.80. The van der Waals surface area contributed by atoms with Gasteiger partial charge in [-0.1, -0.05) is 23.7 Å². The average molecular weight is 399 g/mol. The molecule has 136 valence electrons. The summed E-state index contributed by atoms with van der Waals surface area (Å²) in [6.45, 7) is 0. The monoisotopic (exact) mass is 398 g/mol. The predicted molar refractivity (Wildman–Crippen MR) is 94.5 cm³/mol. The van der Waals surface area contributed by atoms with Crippen molar-refractivity contribution in [1.82, 2.24) is 0 Å². The highest BCUT2D eigenvalue weighted by Crippen LogP contribution is 2.35. The minimum absolute atomic E-state index is 0.356. The van der Waals surface area contributed by atoms with Crippen molar-refractivity contribution >= 4 is 38.9 Å². The zero-order chi connectivity index (χ0) is 19.5. The van der Waals surface area contributed by atoms with Gasteiger partial charge in [-0.05, 0) is 23.8 Å². The van der Waals surface area contributed by atoms with Gasteiger partial charge >= 0.3 is 5.69 Å². The summed E-state index contributed by atoms with van der Waals surface area (Å²) >= 11 is 5.72. The molecule has 2 aromatic carbocycles. The van der Waals surface area contributed by atoms with E-state index in [2.05, 4.69) is 0 Å². The Kier molecular flexibility index (Phi) is 5.58. The summed E-state index contributed by atoms with van der Waals surface area (Å²) in [5.41, 5.74) is -1.45. The van der Waals surface area contributed by atoms with Crippen LogP contribution < -0.4 is 0 Å². The Hall–Kier alpha value is -2.98. The molecule has 0 saturated heterocycles. The number of nitro groups is 2. The molecule has 0 amide bonds. The van der Waals surface area contributed by atoms with Crippen LogP contribution in [0.5, 0.6) is 5.75 Å². The van der Waals surface area contributed by atoms with Crippen molar-refractivity contribution in [1.29, 1.82) is 0 Å². The molecule has 2 rings (SSSR count). The van der Waals surface area contributed by atoms with Gasteiger partial charge in [-0.3, -0.25) is 20.2 Å². The number of non-ortho nitro benzene ring substituents is 1. The quantitative estimate of drug-likeness (QED) is 0.580. The van der Waals surface area contributed by atoms with Crippen molar-refractivity contribution < 1.29 is 23.4 Å². The molecule has 0 aromatic heterocycles. The Morgan fingerprint density at radius 3 is 2.23 bits per heavy atom. The molecular weight excluding hydrogens is 388 g/mol. The van der Waals surface area contributed by atoms with Gasteiger partial charge in [0.25, 0.3) is 5.69 Å². The first-order valence-corrected chi connectivity index (χ1v) is 8.99. The van der Waals surface area contributed by atoms with E-state index in [1.165, 1.54) is 24.3 Å². The second-order valence-corrected chi connectivity index (χ2v) is 7.48. The Bertz CT molecular complexity index is 1000. The third-order valence-corrected chi connectivity index (χ3v) is 4.79. The molecule has 0 spiro atoms. The number of phenols is 1. The van der Waals surface area contributed by atoms with Crippen molar-refractivity contribution in [3.63, 3.8) is 0 Å². The largest absolute Gasteiger partial charge is 0.502 e. The van der Waals surface area contributed by atoms with E-state index in [1.807, 2.05) is 0 Å². The number of hydrogen-bond acceptors (Lipinski definition) is 7. The molecule has 0 aliphatic heterocycles. The minimum Gasteiger partial charge on any atom is -0.502 e. The van der Waals surface area contributed by atoms with Crippen LogP contribution in [0.25, 0.3) is 6.08 Å². The van der Waals surface area contributed by atoms with E-state index in [0.717, 1.165) is 17.6 Å². The zero-order valence-corrected chi connectivity index (χ0v) is 14.5. The first-order chi connectivity index (χ1) is 12.1. The van der Waals surface area contributed by atoms with Gasteiger partial charge in [0.15, 0.2) is 9.84 Å². The summed E-state index contributed by atoms with van der Waals surface area (Å²) < 4.78 is 24.3. The van der Waals surface area contributed by atoms with Gasteiger partial charge < -0.3 is 5.11 Å². The minimum atomic E-state index is -3.80. The second kappa shape index (κ2) is 7.50. The van der Waals surface area contributed by atoms with Crippen LogP contribution in [0.3, 0.4) is 0 Å². The van der Waals surface area contributed by atoms with E-state index in [-0.39, 0.29) is 11.3 Å². The highest BCUT2D eigenvalue weighted by atomic mass is 35.5.